The molecule has 0 aliphatic heterocycles. The molecule has 1 rings (SSSR count). The molecule has 0 radical (unpaired) electrons. The summed E-state index contributed by atoms with van der Waals surface area (Å²) in [6.07, 6.45) is 0.526. The molecule has 0 aliphatic carbocycles. The first-order valence-electron chi connectivity index (χ1n) is 3.38. The second kappa shape index (κ2) is 3.21. The van der Waals surface area contributed by atoms with Crippen LogP contribution < -0.4 is 10.6 Å². The number of halogens is 1. The van der Waals surface area contributed by atoms with Gasteiger partial charge in [0.25, 0.3) is 0 Å². The van der Waals surface area contributed by atoms with Gasteiger partial charge in [0.05, 0.1) is 5.69 Å². The van der Waals surface area contributed by atoms with Crippen molar-refractivity contribution in [2.24, 2.45) is 0 Å². The second-order valence-corrected chi connectivity index (χ2v) is 2.43. The number of nitrogens with zero attached hydrogens (tertiary/aromatic N) is 1. The number of amides is 1. The van der Waals surface area contributed by atoms with Crippen LogP contribution in [-0.4, -0.2) is 13.5 Å². The number of hydrogen-bond acceptors (Lipinski definition) is 2. The Balaban J connectivity index is 3.12. The molecule has 12 heavy (non-hydrogen) atoms. The fourth-order valence-corrected chi connectivity index (χ4v) is 0.857. The van der Waals surface area contributed by atoms with E-state index in [2.05, 4.69) is 0 Å². The van der Waals surface area contributed by atoms with Crippen LogP contribution in [0.15, 0.2) is 18.2 Å². The largest absolute Gasteiger partial charge is 0.399 e. The first-order chi connectivity index (χ1) is 5.65. The first kappa shape index (κ1) is 8.52. The summed E-state index contributed by atoms with van der Waals surface area (Å²) in [7, 11) is 1.46. The van der Waals surface area contributed by atoms with Crippen LogP contribution in [0.4, 0.5) is 15.8 Å². The molecule has 0 unspecified atom stereocenters. The van der Waals surface area contributed by atoms with Gasteiger partial charge in [-0.15, -0.1) is 0 Å². The number of benzene rings is 1. The summed E-state index contributed by atoms with van der Waals surface area (Å²) in [5.74, 6) is -0.459. The van der Waals surface area contributed by atoms with E-state index in [9.17, 15) is 9.18 Å². The zero-order valence-electron chi connectivity index (χ0n) is 6.62. The summed E-state index contributed by atoms with van der Waals surface area (Å²) in [4.78, 5) is 11.4. The van der Waals surface area contributed by atoms with Crippen molar-refractivity contribution in [2.45, 2.75) is 0 Å². The monoisotopic (exact) mass is 168 g/mol. The number of carbonyl (C=O) groups excluding carboxylic acids is 1. The van der Waals surface area contributed by atoms with Gasteiger partial charge in [-0.1, -0.05) is 0 Å². The van der Waals surface area contributed by atoms with Crippen molar-refractivity contribution in [3.05, 3.63) is 24.0 Å². The van der Waals surface area contributed by atoms with Crippen LogP contribution in [0, 0.1) is 5.82 Å². The first-order valence-corrected chi connectivity index (χ1v) is 3.38. The lowest BCUT2D eigenvalue weighted by Gasteiger charge is -2.11. The minimum absolute atomic E-state index is 0.185. The highest BCUT2D eigenvalue weighted by atomic mass is 19.1. The van der Waals surface area contributed by atoms with Crippen LogP contribution in [0.1, 0.15) is 0 Å². The molecule has 0 aromatic heterocycles. The standard InChI is InChI=1S/C8H9FN2O/c1-11(5-12)8-4-6(10)2-3-7(8)9/h2-5H,10H2,1H3. The van der Waals surface area contributed by atoms with Crippen LogP contribution in [0.5, 0.6) is 0 Å². The van der Waals surface area contributed by atoms with E-state index in [4.69, 9.17) is 5.73 Å². The zero-order chi connectivity index (χ0) is 9.14. The molecule has 0 saturated carbocycles. The van der Waals surface area contributed by atoms with Crippen molar-refractivity contribution >= 4 is 17.8 Å². The smallest absolute Gasteiger partial charge is 0.213 e. The maximum atomic E-state index is 13.0. The molecule has 64 valence electrons. The van der Waals surface area contributed by atoms with E-state index < -0.39 is 5.82 Å². The van der Waals surface area contributed by atoms with Gasteiger partial charge < -0.3 is 10.6 Å². The maximum absolute atomic E-state index is 13.0. The van der Waals surface area contributed by atoms with Crippen molar-refractivity contribution in [3.63, 3.8) is 0 Å². The summed E-state index contributed by atoms with van der Waals surface area (Å²) in [6.45, 7) is 0. The summed E-state index contributed by atoms with van der Waals surface area (Å²) >= 11 is 0. The fraction of sp³-hybridized carbons (Fsp3) is 0.125. The van der Waals surface area contributed by atoms with Crippen molar-refractivity contribution < 1.29 is 9.18 Å². The fourth-order valence-electron chi connectivity index (χ4n) is 0.857. The lowest BCUT2D eigenvalue weighted by Crippen LogP contribution is -2.15. The SMILES string of the molecule is CN(C=O)c1cc(N)ccc1F. The van der Waals surface area contributed by atoms with E-state index in [1.54, 1.807) is 0 Å². The predicted molar refractivity (Wildman–Crippen MR) is 45.3 cm³/mol. The Hall–Kier alpha value is -1.58. The summed E-state index contributed by atoms with van der Waals surface area (Å²) in [5.41, 5.74) is 6.03. The van der Waals surface area contributed by atoms with Crippen LogP contribution in [0.25, 0.3) is 0 Å². The molecule has 4 heteroatoms. The van der Waals surface area contributed by atoms with E-state index >= 15 is 0 Å². The number of hydrogen-bond donors (Lipinski definition) is 1. The van der Waals surface area contributed by atoms with Gasteiger partial charge in [0, 0.05) is 12.7 Å². The van der Waals surface area contributed by atoms with Crippen LogP contribution >= 0.6 is 0 Å². The zero-order valence-corrected chi connectivity index (χ0v) is 6.62. The van der Waals surface area contributed by atoms with Crippen LogP contribution in [0.2, 0.25) is 0 Å². The summed E-state index contributed by atoms with van der Waals surface area (Å²) in [5, 5.41) is 0. The van der Waals surface area contributed by atoms with Gasteiger partial charge in [0.1, 0.15) is 5.82 Å². The van der Waals surface area contributed by atoms with Gasteiger partial charge >= 0.3 is 0 Å². The molecule has 0 bridgehead atoms. The van der Waals surface area contributed by atoms with E-state index in [0.29, 0.717) is 12.1 Å². The molecular formula is C8H9FN2O. The van der Waals surface area contributed by atoms with Crippen molar-refractivity contribution in [1.82, 2.24) is 0 Å². The Morgan fingerprint density at radius 2 is 2.25 bits per heavy atom. The third-order valence-electron chi connectivity index (χ3n) is 1.51. The number of nitrogens with two attached hydrogens (primary N) is 1. The molecule has 0 aliphatic rings. The predicted octanol–water partition coefficient (Wildman–Crippen LogP) is 1.00. The van der Waals surface area contributed by atoms with E-state index in [-0.39, 0.29) is 5.69 Å². The van der Waals surface area contributed by atoms with E-state index in [1.165, 1.54) is 25.2 Å². The highest BCUT2D eigenvalue weighted by molar-refractivity contribution is 5.76. The van der Waals surface area contributed by atoms with Gasteiger partial charge in [-0.05, 0) is 18.2 Å². The average Bonchev–Trinajstić information content (AvgIpc) is 2.08. The number of carbonyl (C=O) groups is 1. The highest BCUT2D eigenvalue weighted by Gasteiger charge is 2.05. The van der Waals surface area contributed by atoms with Crippen molar-refractivity contribution in [3.8, 4) is 0 Å². The van der Waals surface area contributed by atoms with Gasteiger partial charge in [-0.25, -0.2) is 4.39 Å². The maximum Gasteiger partial charge on any atom is 0.213 e. The van der Waals surface area contributed by atoms with Gasteiger partial charge in [0.2, 0.25) is 6.41 Å². The lowest BCUT2D eigenvalue weighted by atomic mass is 10.2. The molecular weight excluding hydrogens is 159 g/mol. The normalized spacial score (nSPS) is 9.50. The summed E-state index contributed by atoms with van der Waals surface area (Å²) in [6, 6.07) is 4.08. The van der Waals surface area contributed by atoms with E-state index in [1.807, 2.05) is 0 Å². The van der Waals surface area contributed by atoms with Gasteiger partial charge in [-0.2, -0.15) is 0 Å². The third kappa shape index (κ3) is 1.53. The minimum atomic E-state index is -0.459. The lowest BCUT2D eigenvalue weighted by molar-refractivity contribution is -0.107. The minimum Gasteiger partial charge on any atom is -0.399 e. The Bertz CT molecular complexity index is 301. The highest BCUT2D eigenvalue weighted by Crippen LogP contribution is 2.19. The molecule has 0 heterocycles. The number of nitrogen functional groups attached to an aromatic ring is 1. The number of anilines is 2. The van der Waals surface area contributed by atoms with Crippen molar-refractivity contribution in [1.29, 1.82) is 0 Å². The van der Waals surface area contributed by atoms with Gasteiger partial charge in [-0.3, -0.25) is 4.79 Å². The molecule has 1 aromatic carbocycles. The Morgan fingerprint density at radius 3 is 2.83 bits per heavy atom. The number of rotatable bonds is 2. The van der Waals surface area contributed by atoms with Crippen molar-refractivity contribution in [2.75, 3.05) is 17.7 Å². The molecule has 3 nitrogen and oxygen atoms in total. The molecule has 0 atom stereocenters. The second-order valence-electron chi connectivity index (χ2n) is 2.43. The Kier molecular flexibility index (Phi) is 2.28. The van der Waals surface area contributed by atoms with Gasteiger partial charge in [0.15, 0.2) is 0 Å². The molecule has 0 spiro atoms. The molecule has 2 N–H and O–H groups in total. The average molecular weight is 168 g/mol. The molecule has 0 fully saturated rings. The van der Waals surface area contributed by atoms with Crippen LogP contribution in [0.3, 0.4) is 0 Å². The quantitative estimate of drug-likeness (QED) is 0.529. The Morgan fingerprint density at radius 1 is 1.58 bits per heavy atom. The molecule has 1 amide bonds. The third-order valence-corrected chi connectivity index (χ3v) is 1.51. The molecule has 0 saturated heterocycles. The van der Waals surface area contributed by atoms with E-state index in [0.717, 1.165) is 4.90 Å². The summed E-state index contributed by atoms with van der Waals surface area (Å²) < 4.78 is 13.0. The Labute approximate surface area is 69.6 Å². The topological polar surface area (TPSA) is 46.3 Å². The molecule has 1 aromatic rings. The van der Waals surface area contributed by atoms with Crippen LogP contribution in [-0.2, 0) is 4.79 Å².